The second kappa shape index (κ2) is 7.45. The van der Waals surface area contributed by atoms with E-state index in [0.717, 1.165) is 21.9 Å². The van der Waals surface area contributed by atoms with E-state index < -0.39 is 0 Å². The molecular formula is C23H18N2O3. The zero-order chi connectivity index (χ0) is 19.5. The number of anilines is 1. The number of carbonyl (C=O) groups is 1. The van der Waals surface area contributed by atoms with Gasteiger partial charge in [-0.25, -0.2) is 0 Å². The van der Waals surface area contributed by atoms with Crippen molar-refractivity contribution in [2.24, 2.45) is 0 Å². The normalized spacial score (nSPS) is 10.7. The molecule has 0 spiro atoms. The van der Waals surface area contributed by atoms with Gasteiger partial charge in [-0.05, 0) is 36.2 Å². The molecule has 0 aliphatic carbocycles. The van der Waals surface area contributed by atoms with Gasteiger partial charge in [0.25, 0.3) is 0 Å². The van der Waals surface area contributed by atoms with Crippen LogP contribution in [-0.4, -0.2) is 13.0 Å². The number of furan rings is 1. The standard InChI is InChI=1S/C23H18N2O3/c1-27-22-12-18-17-4-2-3-5-20(17)28-21(18)13-19(22)25-23(26)11-10-15-6-8-16(14-24)9-7-15/h2-9,12-13H,10-11H2,1H3,(H,25,26). The number of rotatable bonds is 5. The van der Waals surface area contributed by atoms with Crippen molar-refractivity contribution in [3.63, 3.8) is 0 Å². The predicted molar refractivity (Wildman–Crippen MR) is 108 cm³/mol. The molecule has 0 unspecified atom stereocenters. The first-order chi connectivity index (χ1) is 13.7. The van der Waals surface area contributed by atoms with Gasteiger partial charge in [0, 0.05) is 23.3 Å². The molecule has 5 heteroatoms. The average molecular weight is 370 g/mol. The minimum absolute atomic E-state index is 0.113. The summed E-state index contributed by atoms with van der Waals surface area (Å²) in [5, 5.41) is 13.7. The largest absolute Gasteiger partial charge is 0.495 e. The van der Waals surface area contributed by atoms with Crippen LogP contribution in [0, 0.1) is 11.3 Å². The van der Waals surface area contributed by atoms with E-state index >= 15 is 0 Å². The summed E-state index contributed by atoms with van der Waals surface area (Å²) >= 11 is 0. The molecular weight excluding hydrogens is 352 g/mol. The van der Waals surface area contributed by atoms with Gasteiger partial charge in [-0.2, -0.15) is 5.26 Å². The number of aryl methyl sites for hydroxylation is 1. The van der Waals surface area contributed by atoms with E-state index in [2.05, 4.69) is 11.4 Å². The summed E-state index contributed by atoms with van der Waals surface area (Å²) in [4.78, 5) is 12.4. The summed E-state index contributed by atoms with van der Waals surface area (Å²) in [6, 6.07) is 20.8. The predicted octanol–water partition coefficient (Wildman–Crippen LogP) is 5.04. The van der Waals surface area contributed by atoms with Crippen molar-refractivity contribution in [1.82, 2.24) is 0 Å². The molecule has 0 saturated carbocycles. The molecule has 0 saturated heterocycles. The van der Waals surface area contributed by atoms with Crippen LogP contribution in [0.2, 0.25) is 0 Å². The highest BCUT2D eigenvalue weighted by molar-refractivity contribution is 6.07. The van der Waals surface area contributed by atoms with Gasteiger partial charge >= 0.3 is 0 Å². The molecule has 1 aromatic heterocycles. The first kappa shape index (κ1) is 17.6. The maximum Gasteiger partial charge on any atom is 0.224 e. The van der Waals surface area contributed by atoms with Gasteiger partial charge in [0.1, 0.15) is 16.9 Å². The Labute approximate surface area is 162 Å². The Morgan fingerprint density at radius 2 is 1.86 bits per heavy atom. The molecule has 28 heavy (non-hydrogen) atoms. The molecule has 0 bridgehead atoms. The third-order valence-corrected chi connectivity index (χ3v) is 4.70. The van der Waals surface area contributed by atoms with E-state index in [0.29, 0.717) is 35.4 Å². The van der Waals surface area contributed by atoms with Crippen molar-refractivity contribution >= 4 is 33.5 Å². The number of fused-ring (bicyclic) bond motifs is 3. The lowest BCUT2D eigenvalue weighted by Crippen LogP contribution is -2.13. The lowest BCUT2D eigenvalue weighted by atomic mass is 10.1. The Kier molecular flexibility index (Phi) is 4.69. The number of nitrogens with zero attached hydrogens (tertiary/aromatic N) is 1. The van der Waals surface area contributed by atoms with Crippen LogP contribution in [0.5, 0.6) is 5.75 Å². The highest BCUT2D eigenvalue weighted by Gasteiger charge is 2.14. The second-order valence-electron chi connectivity index (χ2n) is 6.50. The van der Waals surface area contributed by atoms with Gasteiger partial charge in [0.15, 0.2) is 0 Å². The number of amides is 1. The fourth-order valence-corrected chi connectivity index (χ4v) is 3.23. The molecule has 0 radical (unpaired) electrons. The molecule has 0 aliphatic rings. The Morgan fingerprint density at radius 3 is 2.61 bits per heavy atom. The summed E-state index contributed by atoms with van der Waals surface area (Å²) in [6.07, 6.45) is 0.917. The zero-order valence-electron chi connectivity index (χ0n) is 15.4. The maximum absolute atomic E-state index is 12.4. The molecule has 4 rings (SSSR count). The Balaban J connectivity index is 1.53. The van der Waals surface area contributed by atoms with Crippen molar-refractivity contribution in [2.45, 2.75) is 12.8 Å². The number of nitriles is 1. The van der Waals surface area contributed by atoms with E-state index in [1.54, 1.807) is 25.3 Å². The smallest absolute Gasteiger partial charge is 0.224 e. The monoisotopic (exact) mass is 370 g/mol. The number of hydrogen-bond acceptors (Lipinski definition) is 4. The number of methoxy groups -OCH3 is 1. The van der Waals surface area contributed by atoms with Crippen molar-refractivity contribution < 1.29 is 13.9 Å². The molecule has 4 aromatic rings. The van der Waals surface area contributed by atoms with Crippen LogP contribution in [-0.2, 0) is 11.2 Å². The number of nitrogens with one attached hydrogen (secondary N) is 1. The Bertz CT molecular complexity index is 1200. The maximum atomic E-state index is 12.4. The quantitative estimate of drug-likeness (QED) is 0.534. The van der Waals surface area contributed by atoms with Gasteiger partial charge in [-0.15, -0.1) is 0 Å². The summed E-state index contributed by atoms with van der Waals surface area (Å²) in [7, 11) is 1.58. The number of benzene rings is 3. The number of hydrogen-bond donors (Lipinski definition) is 1. The van der Waals surface area contributed by atoms with Gasteiger partial charge in [0.05, 0.1) is 24.4 Å². The van der Waals surface area contributed by atoms with Crippen LogP contribution in [0.15, 0.2) is 65.1 Å². The first-order valence-electron chi connectivity index (χ1n) is 8.96. The van der Waals surface area contributed by atoms with Crippen LogP contribution in [0.25, 0.3) is 21.9 Å². The number of ether oxygens (including phenoxy) is 1. The van der Waals surface area contributed by atoms with E-state index in [9.17, 15) is 4.79 Å². The molecule has 5 nitrogen and oxygen atoms in total. The molecule has 138 valence electrons. The van der Waals surface area contributed by atoms with Crippen LogP contribution in [0.3, 0.4) is 0 Å². The zero-order valence-corrected chi connectivity index (χ0v) is 15.4. The summed E-state index contributed by atoms with van der Waals surface area (Å²) in [5.74, 6) is 0.476. The SMILES string of the molecule is COc1cc2c(cc1NC(=O)CCc1ccc(C#N)cc1)oc1ccccc12. The lowest BCUT2D eigenvalue weighted by molar-refractivity contribution is -0.116. The van der Waals surface area contributed by atoms with Gasteiger partial charge in [-0.3, -0.25) is 4.79 Å². The molecule has 0 aliphatic heterocycles. The van der Waals surface area contributed by atoms with Crippen LogP contribution < -0.4 is 10.1 Å². The topological polar surface area (TPSA) is 75.3 Å². The minimum Gasteiger partial charge on any atom is -0.495 e. The van der Waals surface area contributed by atoms with Gasteiger partial charge in [-0.1, -0.05) is 30.3 Å². The fourth-order valence-electron chi connectivity index (χ4n) is 3.23. The molecule has 1 N–H and O–H groups in total. The Morgan fingerprint density at radius 1 is 1.07 bits per heavy atom. The van der Waals surface area contributed by atoms with Crippen molar-refractivity contribution in [2.75, 3.05) is 12.4 Å². The van der Waals surface area contributed by atoms with Crippen LogP contribution in [0.4, 0.5) is 5.69 Å². The van der Waals surface area contributed by atoms with Gasteiger partial charge < -0.3 is 14.5 Å². The lowest BCUT2D eigenvalue weighted by Gasteiger charge is -2.10. The Hall–Kier alpha value is -3.78. The molecule has 1 amide bonds. The van der Waals surface area contributed by atoms with Crippen molar-refractivity contribution in [3.8, 4) is 11.8 Å². The highest BCUT2D eigenvalue weighted by Crippen LogP contribution is 2.36. The summed E-state index contributed by atoms with van der Waals surface area (Å²) in [5.41, 5.74) is 3.69. The van der Waals surface area contributed by atoms with Crippen LogP contribution >= 0.6 is 0 Å². The van der Waals surface area contributed by atoms with Crippen molar-refractivity contribution in [3.05, 3.63) is 71.8 Å². The third-order valence-electron chi connectivity index (χ3n) is 4.70. The average Bonchev–Trinajstić information content (AvgIpc) is 3.09. The van der Waals surface area contributed by atoms with Gasteiger partial charge in [0.2, 0.25) is 5.91 Å². The number of para-hydroxylation sites is 1. The highest BCUT2D eigenvalue weighted by atomic mass is 16.5. The molecule has 0 atom stereocenters. The summed E-state index contributed by atoms with van der Waals surface area (Å²) in [6.45, 7) is 0. The van der Waals surface area contributed by atoms with E-state index in [1.165, 1.54) is 0 Å². The molecule has 0 fully saturated rings. The van der Waals surface area contributed by atoms with E-state index in [-0.39, 0.29) is 5.91 Å². The van der Waals surface area contributed by atoms with E-state index in [4.69, 9.17) is 14.4 Å². The number of carbonyl (C=O) groups excluding carboxylic acids is 1. The third kappa shape index (κ3) is 3.40. The van der Waals surface area contributed by atoms with Crippen LogP contribution in [0.1, 0.15) is 17.5 Å². The fraction of sp³-hybridized carbons (Fsp3) is 0.130. The molecule has 3 aromatic carbocycles. The molecule has 1 heterocycles. The second-order valence-corrected chi connectivity index (χ2v) is 6.50. The summed E-state index contributed by atoms with van der Waals surface area (Å²) < 4.78 is 11.4. The van der Waals surface area contributed by atoms with E-state index in [1.807, 2.05) is 42.5 Å². The van der Waals surface area contributed by atoms with Crippen molar-refractivity contribution in [1.29, 1.82) is 5.26 Å². The first-order valence-corrected chi connectivity index (χ1v) is 8.96. The minimum atomic E-state index is -0.113.